The second kappa shape index (κ2) is 7.49. The molecule has 0 bridgehead atoms. The minimum Gasteiger partial charge on any atom is -0.316 e. The van der Waals surface area contributed by atoms with Crippen molar-refractivity contribution >= 4 is 0 Å². The summed E-state index contributed by atoms with van der Waals surface area (Å²) in [6.45, 7) is 8.91. The first-order valence-corrected chi connectivity index (χ1v) is 6.86. The van der Waals surface area contributed by atoms with Crippen molar-refractivity contribution < 1.29 is 0 Å². The van der Waals surface area contributed by atoms with Gasteiger partial charge >= 0.3 is 0 Å². The van der Waals surface area contributed by atoms with E-state index in [-0.39, 0.29) is 0 Å². The van der Waals surface area contributed by atoms with E-state index in [4.69, 9.17) is 0 Å². The standard InChI is InChI=1S/C14H27N3/c1-5-13-10-14(17(4)16-13)8-6-7-9-15-11-12(2)3/h10,12,15H,5-9,11H2,1-4H3. The summed E-state index contributed by atoms with van der Waals surface area (Å²) < 4.78 is 2.03. The molecule has 0 aliphatic carbocycles. The fourth-order valence-electron chi connectivity index (χ4n) is 1.93. The lowest BCUT2D eigenvalue weighted by Gasteiger charge is -2.07. The molecule has 17 heavy (non-hydrogen) atoms. The Kier molecular flexibility index (Phi) is 6.27. The number of hydrogen-bond donors (Lipinski definition) is 1. The zero-order valence-corrected chi connectivity index (χ0v) is 11.8. The van der Waals surface area contributed by atoms with Gasteiger partial charge in [0.05, 0.1) is 5.69 Å². The molecule has 98 valence electrons. The monoisotopic (exact) mass is 237 g/mol. The SMILES string of the molecule is CCc1cc(CCCCNCC(C)C)n(C)n1. The normalized spacial score (nSPS) is 11.4. The van der Waals surface area contributed by atoms with Crippen LogP contribution in [0.15, 0.2) is 6.07 Å². The summed E-state index contributed by atoms with van der Waals surface area (Å²) in [5, 5.41) is 7.95. The molecule has 1 heterocycles. The highest BCUT2D eigenvalue weighted by molar-refractivity contribution is 5.10. The van der Waals surface area contributed by atoms with Crippen LogP contribution in [0.1, 0.15) is 45.0 Å². The van der Waals surface area contributed by atoms with Crippen molar-refractivity contribution in [2.45, 2.75) is 46.5 Å². The van der Waals surface area contributed by atoms with Gasteiger partial charge in [0, 0.05) is 12.7 Å². The topological polar surface area (TPSA) is 29.9 Å². The van der Waals surface area contributed by atoms with E-state index in [1.54, 1.807) is 0 Å². The highest BCUT2D eigenvalue weighted by Crippen LogP contribution is 2.07. The number of nitrogens with zero attached hydrogens (tertiary/aromatic N) is 2. The zero-order chi connectivity index (χ0) is 12.7. The molecule has 0 spiro atoms. The molecule has 0 aromatic carbocycles. The van der Waals surface area contributed by atoms with Crippen LogP contribution < -0.4 is 5.32 Å². The number of hydrogen-bond acceptors (Lipinski definition) is 2. The van der Waals surface area contributed by atoms with Crippen LogP contribution in [-0.2, 0) is 19.9 Å². The Balaban J connectivity index is 2.15. The Morgan fingerprint density at radius 3 is 2.71 bits per heavy atom. The van der Waals surface area contributed by atoms with Crippen LogP contribution in [0.3, 0.4) is 0 Å². The first-order valence-electron chi connectivity index (χ1n) is 6.86. The third kappa shape index (κ3) is 5.35. The smallest absolute Gasteiger partial charge is 0.0624 e. The number of rotatable bonds is 8. The molecule has 1 aromatic heterocycles. The van der Waals surface area contributed by atoms with Gasteiger partial charge in [0.1, 0.15) is 0 Å². The molecule has 0 aliphatic rings. The molecule has 3 heteroatoms. The highest BCUT2D eigenvalue weighted by Gasteiger charge is 2.03. The van der Waals surface area contributed by atoms with Crippen molar-refractivity contribution in [1.29, 1.82) is 0 Å². The minimum absolute atomic E-state index is 0.749. The van der Waals surface area contributed by atoms with Crippen molar-refractivity contribution in [3.8, 4) is 0 Å². The van der Waals surface area contributed by atoms with Gasteiger partial charge in [0.25, 0.3) is 0 Å². The molecular weight excluding hydrogens is 210 g/mol. The van der Waals surface area contributed by atoms with Crippen LogP contribution >= 0.6 is 0 Å². The molecule has 1 aromatic rings. The largest absolute Gasteiger partial charge is 0.316 e. The molecule has 0 fully saturated rings. The summed E-state index contributed by atoms with van der Waals surface area (Å²) in [7, 11) is 2.05. The maximum atomic E-state index is 4.47. The van der Waals surface area contributed by atoms with Crippen LogP contribution in [-0.4, -0.2) is 22.9 Å². The number of aromatic nitrogens is 2. The van der Waals surface area contributed by atoms with Crippen molar-refractivity contribution in [1.82, 2.24) is 15.1 Å². The van der Waals surface area contributed by atoms with E-state index >= 15 is 0 Å². The summed E-state index contributed by atoms with van der Waals surface area (Å²) in [5.41, 5.74) is 2.58. The number of unbranched alkanes of at least 4 members (excludes halogenated alkanes) is 1. The fraction of sp³-hybridized carbons (Fsp3) is 0.786. The fourth-order valence-corrected chi connectivity index (χ4v) is 1.93. The minimum atomic E-state index is 0.749. The van der Waals surface area contributed by atoms with Crippen LogP contribution in [0.5, 0.6) is 0 Å². The van der Waals surface area contributed by atoms with Gasteiger partial charge in [0.15, 0.2) is 0 Å². The Bertz CT molecular complexity index is 315. The lowest BCUT2D eigenvalue weighted by atomic mass is 10.1. The summed E-state index contributed by atoms with van der Waals surface area (Å²) in [6, 6.07) is 2.24. The summed E-state index contributed by atoms with van der Waals surface area (Å²) in [6.07, 6.45) is 4.67. The first kappa shape index (κ1) is 14.2. The van der Waals surface area contributed by atoms with E-state index in [0.717, 1.165) is 31.8 Å². The lowest BCUT2D eigenvalue weighted by molar-refractivity contribution is 0.532. The maximum Gasteiger partial charge on any atom is 0.0624 e. The van der Waals surface area contributed by atoms with Gasteiger partial charge in [0.2, 0.25) is 0 Å². The second-order valence-electron chi connectivity index (χ2n) is 5.16. The summed E-state index contributed by atoms with van der Waals surface area (Å²) >= 11 is 0. The van der Waals surface area contributed by atoms with Gasteiger partial charge in [-0.05, 0) is 50.8 Å². The first-order chi connectivity index (χ1) is 8.13. The Morgan fingerprint density at radius 2 is 2.12 bits per heavy atom. The Hall–Kier alpha value is -0.830. The molecular formula is C14H27N3. The third-order valence-electron chi connectivity index (χ3n) is 2.98. The van der Waals surface area contributed by atoms with E-state index in [0.29, 0.717) is 0 Å². The van der Waals surface area contributed by atoms with Crippen LogP contribution in [0.4, 0.5) is 0 Å². The van der Waals surface area contributed by atoms with Crippen LogP contribution in [0.2, 0.25) is 0 Å². The highest BCUT2D eigenvalue weighted by atomic mass is 15.3. The second-order valence-corrected chi connectivity index (χ2v) is 5.16. The van der Waals surface area contributed by atoms with E-state index in [1.807, 2.05) is 11.7 Å². The molecule has 0 aliphatic heterocycles. The average molecular weight is 237 g/mol. The van der Waals surface area contributed by atoms with E-state index in [2.05, 4.69) is 37.3 Å². The van der Waals surface area contributed by atoms with Crippen molar-refractivity contribution in [2.24, 2.45) is 13.0 Å². The van der Waals surface area contributed by atoms with E-state index in [9.17, 15) is 0 Å². The maximum absolute atomic E-state index is 4.47. The Labute approximate surface area is 106 Å². The third-order valence-corrected chi connectivity index (χ3v) is 2.98. The molecule has 1 N–H and O–H groups in total. The Morgan fingerprint density at radius 1 is 1.35 bits per heavy atom. The molecule has 0 saturated heterocycles. The van der Waals surface area contributed by atoms with Gasteiger partial charge < -0.3 is 5.32 Å². The van der Waals surface area contributed by atoms with Crippen molar-refractivity contribution in [3.63, 3.8) is 0 Å². The van der Waals surface area contributed by atoms with Gasteiger partial charge in [-0.1, -0.05) is 20.8 Å². The van der Waals surface area contributed by atoms with E-state index in [1.165, 1.54) is 24.2 Å². The summed E-state index contributed by atoms with van der Waals surface area (Å²) in [5.74, 6) is 0.749. The van der Waals surface area contributed by atoms with Gasteiger partial charge in [-0.15, -0.1) is 0 Å². The van der Waals surface area contributed by atoms with Crippen molar-refractivity contribution in [2.75, 3.05) is 13.1 Å². The molecule has 0 saturated carbocycles. The lowest BCUT2D eigenvalue weighted by Crippen LogP contribution is -2.20. The van der Waals surface area contributed by atoms with Gasteiger partial charge in [-0.3, -0.25) is 4.68 Å². The quantitative estimate of drug-likeness (QED) is 0.704. The van der Waals surface area contributed by atoms with Crippen LogP contribution in [0, 0.1) is 5.92 Å². The van der Waals surface area contributed by atoms with Gasteiger partial charge in [-0.25, -0.2) is 0 Å². The molecule has 0 amide bonds. The molecule has 0 radical (unpaired) electrons. The van der Waals surface area contributed by atoms with E-state index < -0.39 is 0 Å². The van der Waals surface area contributed by atoms with Gasteiger partial charge in [-0.2, -0.15) is 5.10 Å². The zero-order valence-electron chi connectivity index (χ0n) is 11.8. The molecule has 3 nitrogen and oxygen atoms in total. The molecule has 0 unspecified atom stereocenters. The predicted octanol–water partition coefficient (Wildman–Crippen LogP) is 2.55. The molecule has 0 atom stereocenters. The number of aryl methyl sites for hydroxylation is 3. The van der Waals surface area contributed by atoms with Crippen LogP contribution in [0.25, 0.3) is 0 Å². The molecule has 1 rings (SSSR count). The average Bonchev–Trinajstić information content (AvgIpc) is 2.64. The van der Waals surface area contributed by atoms with Crippen molar-refractivity contribution in [3.05, 3.63) is 17.5 Å². The number of nitrogens with one attached hydrogen (secondary N) is 1. The summed E-state index contributed by atoms with van der Waals surface area (Å²) in [4.78, 5) is 0. The predicted molar refractivity (Wildman–Crippen MR) is 73.2 cm³/mol.